The number of carbonyl (C=O) groups excluding carboxylic acids is 1. The smallest absolute Gasteiger partial charge is 0.253 e. The summed E-state index contributed by atoms with van der Waals surface area (Å²) in [5, 5.41) is 18.1. The summed E-state index contributed by atoms with van der Waals surface area (Å²) in [6.07, 6.45) is 0.773. The van der Waals surface area contributed by atoms with Crippen molar-refractivity contribution in [3.63, 3.8) is 0 Å². The van der Waals surface area contributed by atoms with Crippen LogP contribution in [0.5, 0.6) is 0 Å². The number of hydrogen-bond acceptors (Lipinski definition) is 5. The molecule has 0 saturated heterocycles. The van der Waals surface area contributed by atoms with Gasteiger partial charge in [0.1, 0.15) is 5.82 Å². The lowest BCUT2D eigenvalue weighted by molar-refractivity contribution is -0.114. The first-order valence-electron chi connectivity index (χ1n) is 3.70. The molecule has 0 unspecified atom stereocenters. The van der Waals surface area contributed by atoms with E-state index in [9.17, 15) is 4.79 Å². The molecule has 7 N–H and O–H groups in total. The van der Waals surface area contributed by atoms with E-state index in [1.54, 1.807) is 6.92 Å². The molecule has 0 aliphatic heterocycles. The van der Waals surface area contributed by atoms with E-state index in [4.69, 9.17) is 22.0 Å². The minimum Gasteiger partial charge on any atom is -0.394 e. The maximum atomic E-state index is 10.7. The summed E-state index contributed by atoms with van der Waals surface area (Å²) in [6.45, 7) is 1.56. The van der Waals surface area contributed by atoms with Crippen LogP contribution in [-0.4, -0.2) is 29.9 Å². The molecule has 0 radical (unpaired) electrons. The molecule has 1 atom stereocenters. The standard InChI is InChI=1S/C7H14N4O2/c1-4(3-12)11-6(9)5(2-8)7(10)13/h2,4,8,11-12H,3,9H2,1H3,(H2,10,13)/b6-5-,8-2?/t4-/m0/s1. The number of aliphatic hydroxyl groups excluding tert-OH is 1. The van der Waals surface area contributed by atoms with E-state index < -0.39 is 5.91 Å². The number of hydrogen-bond donors (Lipinski definition) is 5. The van der Waals surface area contributed by atoms with Crippen molar-refractivity contribution in [1.82, 2.24) is 5.32 Å². The Kier molecular flexibility index (Phi) is 4.53. The zero-order chi connectivity index (χ0) is 10.4. The summed E-state index contributed by atoms with van der Waals surface area (Å²) in [4.78, 5) is 10.7. The molecule has 6 nitrogen and oxygen atoms in total. The van der Waals surface area contributed by atoms with Gasteiger partial charge >= 0.3 is 0 Å². The van der Waals surface area contributed by atoms with Gasteiger partial charge in [0.25, 0.3) is 5.91 Å². The molecule has 0 bridgehead atoms. The van der Waals surface area contributed by atoms with Crippen LogP contribution in [0.1, 0.15) is 6.92 Å². The van der Waals surface area contributed by atoms with Crippen molar-refractivity contribution in [3.05, 3.63) is 11.4 Å². The Morgan fingerprint density at radius 3 is 2.54 bits per heavy atom. The molecule has 0 aromatic rings. The molecule has 0 aliphatic rings. The van der Waals surface area contributed by atoms with Crippen LogP contribution < -0.4 is 16.8 Å². The van der Waals surface area contributed by atoms with E-state index in [-0.39, 0.29) is 24.0 Å². The fraction of sp³-hybridized carbons (Fsp3) is 0.429. The topological polar surface area (TPSA) is 125 Å². The van der Waals surface area contributed by atoms with E-state index in [0.29, 0.717) is 0 Å². The van der Waals surface area contributed by atoms with E-state index in [0.717, 1.165) is 6.21 Å². The number of nitrogens with two attached hydrogens (primary N) is 2. The van der Waals surface area contributed by atoms with Gasteiger partial charge in [0.2, 0.25) is 0 Å². The Bertz CT molecular complexity index is 237. The lowest BCUT2D eigenvalue weighted by Crippen LogP contribution is -2.35. The first-order valence-corrected chi connectivity index (χ1v) is 3.70. The lowest BCUT2D eigenvalue weighted by Gasteiger charge is -2.13. The summed E-state index contributed by atoms with van der Waals surface area (Å²) in [7, 11) is 0. The van der Waals surface area contributed by atoms with Crippen molar-refractivity contribution in [2.45, 2.75) is 13.0 Å². The number of rotatable bonds is 5. The molecule has 74 valence electrons. The van der Waals surface area contributed by atoms with E-state index in [1.165, 1.54) is 0 Å². The predicted octanol–water partition coefficient (Wildman–Crippen LogP) is -1.74. The third kappa shape index (κ3) is 3.57. The van der Waals surface area contributed by atoms with Gasteiger partial charge in [-0.15, -0.1) is 0 Å². The lowest BCUT2D eigenvalue weighted by atomic mass is 10.2. The van der Waals surface area contributed by atoms with Crippen LogP contribution in [0.15, 0.2) is 11.4 Å². The summed E-state index contributed by atoms with van der Waals surface area (Å²) < 4.78 is 0. The molecule has 1 amide bonds. The van der Waals surface area contributed by atoms with Crippen LogP contribution in [-0.2, 0) is 4.79 Å². The minimum absolute atomic E-state index is 0.00375. The summed E-state index contributed by atoms with van der Waals surface area (Å²) in [6, 6.07) is -0.283. The molecule has 0 rings (SSSR count). The Morgan fingerprint density at radius 1 is 1.69 bits per heavy atom. The van der Waals surface area contributed by atoms with Crippen LogP contribution in [0.4, 0.5) is 0 Å². The normalized spacial score (nSPS) is 14.3. The highest BCUT2D eigenvalue weighted by Crippen LogP contribution is 1.93. The Labute approximate surface area is 76.1 Å². The molecule has 13 heavy (non-hydrogen) atoms. The monoisotopic (exact) mass is 186 g/mol. The number of amides is 1. The highest BCUT2D eigenvalue weighted by atomic mass is 16.3. The van der Waals surface area contributed by atoms with Crippen molar-refractivity contribution in [2.75, 3.05) is 6.61 Å². The molecular weight excluding hydrogens is 172 g/mol. The SMILES string of the molecule is C[C@@H](CO)N/C(N)=C(/C=N)C(N)=O. The average Bonchev–Trinajstić information content (AvgIpc) is 2.04. The van der Waals surface area contributed by atoms with Crippen LogP contribution in [0.2, 0.25) is 0 Å². The summed E-state index contributed by atoms with van der Waals surface area (Å²) >= 11 is 0. The van der Waals surface area contributed by atoms with Crippen molar-refractivity contribution < 1.29 is 9.90 Å². The van der Waals surface area contributed by atoms with Gasteiger partial charge < -0.3 is 27.3 Å². The maximum absolute atomic E-state index is 10.7. The van der Waals surface area contributed by atoms with Gasteiger partial charge in [-0.25, -0.2) is 0 Å². The Morgan fingerprint density at radius 2 is 2.23 bits per heavy atom. The number of primary amides is 1. The molecular formula is C7H14N4O2. The fourth-order valence-electron chi connectivity index (χ4n) is 0.670. The van der Waals surface area contributed by atoms with Gasteiger partial charge in [-0.05, 0) is 6.92 Å². The fourth-order valence-corrected chi connectivity index (χ4v) is 0.670. The first-order chi connectivity index (χ1) is 6.02. The third-order valence-corrected chi connectivity index (χ3v) is 1.38. The van der Waals surface area contributed by atoms with Crippen molar-refractivity contribution in [3.8, 4) is 0 Å². The molecule has 0 heterocycles. The summed E-state index contributed by atoms with van der Waals surface area (Å²) in [5.74, 6) is -0.769. The van der Waals surface area contributed by atoms with Crippen molar-refractivity contribution >= 4 is 12.1 Å². The second kappa shape index (κ2) is 5.15. The van der Waals surface area contributed by atoms with Crippen LogP contribution in [0.3, 0.4) is 0 Å². The first kappa shape index (κ1) is 11.4. The van der Waals surface area contributed by atoms with Crippen LogP contribution >= 0.6 is 0 Å². The molecule has 0 saturated carbocycles. The Hall–Kier alpha value is -1.56. The van der Waals surface area contributed by atoms with E-state index in [1.807, 2.05) is 0 Å². The van der Waals surface area contributed by atoms with E-state index in [2.05, 4.69) is 5.32 Å². The second-order valence-electron chi connectivity index (χ2n) is 2.56. The highest BCUT2D eigenvalue weighted by Gasteiger charge is 2.08. The van der Waals surface area contributed by atoms with Gasteiger partial charge in [-0.1, -0.05) is 0 Å². The quantitative estimate of drug-likeness (QED) is 0.258. The zero-order valence-electron chi connectivity index (χ0n) is 7.37. The van der Waals surface area contributed by atoms with Gasteiger partial charge in [-0.2, -0.15) is 0 Å². The van der Waals surface area contributed by atoms with E-state index >= 15 is 0 Å². The molecule has 6 heteroatoms. The molecule has 0 fully saturated rings. The maximum Gasteiger partial charge on any atom is 0.253 e. The largest absolute Gasteiger partial charge is 0.394 e. The highest BCUT2D eigenvalue weighted by molar-refractivity contribution is 6.11. The minimum atomic E-state index is -0.773. The zero-order valence-corrected chi connectivity index (χ0v) is 7.37. The second-order valence-corrected chi connectivity index (χ2v) is 2.56. The van der Waals surface area contributed by atoms with Gasteiger partial charge in [0, 0.05) is 12.3 Å². The summed E-state index contributed by atoms with van der Waals surface area (Å²) in [5.41, 5.74) is 10.2. The van der Waals surface area contributed by atoms with Crippen molar-refractivity contribution in [2.24, 2.45) is 11.5 Å². The van der Waals surface area contributed by atoms with Gasteiger partial charge in [0.05, 0.1) is 12.2 Å². The van der Waals surface area contributed by atoms with Crippen molar-refractivity contribution in [1.29, 1.82) is 5.41 Å². The Balaban J connectivity index is 4.57. The molecule has 0 aromatic heterocycles. The van der Waals surface area contributed by atoms with Crippen LogP contribution in [0, 0.1) is 5.41 Å². The predicted molar refractivity (Wildman–Crippen MR) is 48.9 cm³/mol. The molecule has 0 aromatic carbocycles. The number of nitrogens with one attached hydrogen (secondary N) is 2. The third-order valence-electron chi connectivity index (χ3n) is 1.38. The molecule has 0 aliphatic carbocycles. The average molecular weight is 186 g/mol. The van der Waals surface area contributed by atoms with Gasteiger partial charge in [0.15, 0.2) is 0 Å². The number of carbonyl (C=O) groups is 1. The van der Waals surface area contributed by atoms with Gasteiger partial charge in [-0.3, -0.25) is 4.79 Å². The molecule has 0 spiro atoms. The van der Waals surface area contributed by atoms with Crippen LogP contribution in [0.25, 0.3) is 0 Å². The number of aliphatic hydroxyl groups is 1.